The van der Waals surface area contributed by atoms with Gasteiger partial charge in [0.25, 0.3) is 0 Å². The lowest BCUT2D eigenvalue weighted by Crippen LogP contribution is -2.05. The quantitative estimate of drug-likeness (QED) is 0.0334. The number of esters is 3. The van der Waals surface area contributed by atoms with Crippen LogP contribution in [0.15, 0.2) is 102 Å². The van der Waals surface area contributed by atoms with Crippen LogP contribution in [0, 0.1) is 0 Å². The molecule has 47 heavy (non-hydrogen) atoms. The van der Waals surface area contributed by atoms with Crippen molar-refractivity contribution in [3.63, 3.8) is 0 Å². The van der Waals surface area contributed by atoms with Crippen LogP contribution in [-0.2, 0) is 23.8 Å². The molecule has 0 aliphatic carbocycles. The Morgan fingerprint density at radius 1 is 0.723 bits per heavy atom. The molecule has 3 rings (SSSR count). The molecule has 246 valence electrons. The van der Waals surface area contributed by atoms with Gasteiger partial charge in [-0.05, 0) is 110 Å². The fourth-order valence-corrected chi connectivity index (χ4v) is 4.70. The highest BCUT2D eigenvalue weighted by atomic mass is 32.2. The number of nitrogens with zero attached hydrogens (tertiary/aromatic N) is 1. The number of rotatable bonds is 19. The van der Waals surface area contributed by atoms with Crippen LogP contribution in [0.4, 0.5) is 5.69 Å². The average molecular weight is 660 g/mol. The minimum absolute atomic E-state index is 0.224. The van der Waals surface area contributed by atoms with Gasteiger partial charge >= 0.3 is 17.9 Å². The van der Waals surface area contributed by atoms with Gasteiger partial charge in [-0.1, -0.05) is 13.2 Å². The third kappa shape index (κ3) is 13.0. The van der Waals surface area contributed by atoms with Crippen molar-refractivity contribution in [3.8, 4) is 11.5 Å². The van der Waals surface area contributed by atoms with Crippen molar-refractivity contribution in [3.05, 3.63) is 109 Å². The van der Waals surface area contributed by atoms with Gasteiger partial charge in [0.1, 0.15) is 11.5 Å². The third-order valence-electron chi connectivity index (χ3n) is 6.34. The third-order valence-corrected chi connectivity index (χ3v) is 7.34. The van der Waals surface area contributed by atoms with E-state index in [4.69, 9.17) is 23.7 Å². The van der Waals surface area contributed by atoms with E-state index in [0.29, 0.717) is 73.3 Å². The van der Waals surface area contributed by atoms with Gasteiger partial charge < -0.3 is 23.7 Å². The first kappa shape index (κ1) is 36.3. The molecule has 0 atom stereocenters. The first-order chi connectivity index (χ1) is 22.8. The van der Waals surface area contributed by atoms with Crippen molar-refractivity contribution in [2.24, 2.45) is 4.99 Å². The molecule has 0 bridgehead atoms. The number of carbonyl (C=O) groups is 4. The highest BCUT2D eigenvalue weighted by molar-refractivity contribution is 8.14. The highest BCUT2D eigenvalue weighted by Crippen LogP contribution is 2.31. The normalized spacial score (nSPS) is 10.6. The first-order valence-electron chi connectivity index (χ1n) is 14.9. The molecular weight excluding hydrogens is 622 g/mol. The van der Waals surface area contributed by atoms with Crippen molar-refractivity contribution in [2.45, 2.75) is 30.6 Å². The van der Waals surface area contributed by atoms with Gasteiger partial charge in [0.2, 0.25) is 5.12 Å². The van der Waals surface area contributed by atoms with Gasteiger partial charge in [-0.15, -0.1) is 0 Å². The number of aliphatic imine (C=N–C) groups is 1. The summed E-state index contributed by atoms with van der Waals surface area (Å²) in [6.45, 7) is 8.25. The molecule has 0 heterocycles. The lowest BCUT2D eigenvalue weighted by molar-refractivity contribution is -0.138. The molecule has 10 nitrogen and oxygen atoms in total. The molecule has 0 N–H and O–H groups in total. The molecule has 0 spiro atoms. The molecule has 0 saturated carbocycles. The molecule has 0 unspecified atom stereocenters. The Labute approximate surface area is 278 Å². The maximum atomic E-state index is 13.0. The molecule has 0 aromatic heterocycles. The molecule has 0 amide bonds. The number of hydrogen-bond acceptors (Lipinski definition) is 11. The molecule has 0 aliphatic rings. The van der Waals surface area contributed by atoms with E-state index in [1.807, 2.05) is 24.3 Å². The molecule has 3 aromatic carbocycles. The Morgan fingerprint density at radius 3 is 1.79 bits per heavy atom. The van der Waals surface area contributed by atoms with Gasteiger partial charge in [-0.2, -0.15) is 0 Å². The fraction of sp³-hybridized carbons (Fsp3) is 0.250. The number of unbranched alkanes of at least 4 members (excludes halogenated alkanes) is 2. The molecular formula is C36H37NO9S. The van der Waals surface area contributed by atoms with E-state index >= 15 is 0 Å². The van der Waals surface area contributed by atoms with Crippen LogP contribution in [0.5, 0.6) is 11.5 Å². The van der Waals surface area contributed by atoms with E-state index in [9.17, 15) is 19.2 Å². The number of thioether (sulfide) groups is 1. The second-order valence-corrected chi connectivity index (χ2v) is 10.8. The summed E-state index contributed by atoms with van der Waals surface area (Å²) in [7, 11) is 1.28. The van der Waals surface area contributed by atoms with E-state index in [1.165, 1.54) is 7.11 Å². The van der Waals surface area contributed by atoms with Gasteiger partial charge in [-0.3, -0.25) is 9.79 Å². The maximum Gasteiger partial charge on any atom is 0.339 e. The Balaban J connectivity index is 1.52. The predicted molar refractivity (Wildman–Crippen MR) is 180 cm³/mol. The highest BCUT2D eigenvalue weighted by Gasteiger charge is 2.17. The second-order valence-electron chi connectivity index (χ2n) is 9.77. The van der Waals surface area contributed by atoms with E-state index in [2.05, 4.69) is 18.2 Å². The minimum Gasteiger partial charge on any atom is -0.494 e. The van der Waals surface area contributed by atoms with Gasteiger partial charge in [0, 0.05) is 28.8 Å². The number of methoxy groups -OCH3 is 1. The lowest BCUT2D eigenvalue weighted by atomic mass is 10.2. The van der Waals surface area contributed by atoms with Crippen LogP contribution in [0.2, 0.25) is 0 Å². The standard InChI is InChI=1S/C36H37NO9S/c1-4-33(38)45-22-8-6-20-43-29-15-10-26(11-16-29)25-37-28-14-19-32(31(24-28)35(40)42-3)47-36(41)27-12-17-30(18-13-27)44-21-7-9-23-46-34(39)5-2/h4-5,10-19,24-25H,1-2,6-9,20-23H2,3H3/b37-25+. The van der Waals surface area contributed by atoms with Crippen molar-refractivity contribution in [2.75, 3.05) is 33.5 Å². The summed E-state index contributed by atoms with van der Waals surface area (Å²) in [5, 5.41) is -0.250. The van der Waals surface area contributed by atoms with Crippen LogP contribution in [0.25, 0.3) is 0 Å². The van der Waals surface area contributed by atoms with E-state index < -0.39 is 17.9 Å². The second kappa shape index (κ2) is 20.1. The molecule has 0 fully saturated rings. The predicted octanol–water partition coefficient (Wildman–Crippen LogP) is 6.93. The van der Waals surface area contributed by atoms with Gasteiger partial charge in [-0.25, -0.2) is 14.4 Å². The molecule has 11 heteroatoms. The van der Waals surface area contributed by atoms with Crippen LogP contribution >= 0.6 is 11.8 Å². The Hall–Kier alpha value is -5.16. The Kier molecular flexibility index (Phi) is 15.5. The van der Waals surface area contributed by atoms with Gasteiger partial charge in [0.15, 0.2) is 0 Å². The zero-order chi connectivity index (χ0) is 33.9. The monoisotopic (exact) mass is 659 g/mol. The summed E-state index contributed by atoms with van der Waals surface area (Å²) in [6.07, 6.45) is 6.69. The summed E-state index contributed by atoms with van der Waals surface area (Å²) in [5.74, 6) is -0.160. The molecule has 3 aromatic rings. The number of ether oxygens (including phenoxy) is 5. The summed E-state index contributed by atoms with van der Waals surface area (Å²) < 4.78 is 26.2. The van der Waals surface area contributed by atoms with E-state index in [-0.39, 0.29) is 10.7 Å². The van der Waals surface area contributed by atoms with Crippen LogP contribution in [0.3, 0.4) is 0 Å². The number of hydrogen-bond donors (Lipinski definition) is 0. The largest absolute Gasteiger partial charge is 0.494 e. The van der Waals surface area contributed by atoms with E-state index in [1.54, 1.807) is 48.7 Å². The SMILES string of the molecule is C=CC(=O)OCCCCOc1ccc(/C=N/c2ccc(SC(=O)c3ccc(OCCCCOC(=O)C=C)cc3)c(C(=O)OC)c2)cc1. The minimum atomic E-state index is -0.583. The number of carbonyl (C=O) groups excluding carboxylic acids is 4. The topological polar surface area (TPSA) is 127 Å². The summed E-state index contributed by atoms with van der Waals surface area (Å²) in [4.78, 5) is 52.6. The summed E-state index contributed by atoms with van der Waals surface area (Å²) in [5.41, 5.74) is 2.00. The van der Waals surface area contributed by atoms with Gasteiger partial charge in [0.05, 0.1) is 44.8 Å². The van der Waals surface area contributed by atoms with Crippen molar-refractivity contribution < 1.29 is 42.9 Å². The van der Waals surface area contributed by atoms with Crippen LogP contribution in [-0.4, -0.2) is 62.8 Å². The smallest absolute Gasteiger partial charge is 0.339 e. The first-order valence-corrected chi connectivity index (χ1v) is 15.7. The van der Waals surface area contributed by atoms with Crippen LogP contribution < -0.4 is 9.47 Å². The van der Waals surface area contributed by atoms with E-state index in [0.717, 1.165) is 35.9 Å². The summed E-state index contributed by atoms with van der Waals surface area (Å²) in [6, 6.07) is 19.1. The zero-order valence-corrected chi connectivity index (χ0v) is 27.0. The van der Waals surface area contributed by atoms with Crippen molar-refractivity contribution >= 4 is 46.7 Å². The van der Waals surface area contributed by atoms with Crippen molar-refractivity contribution in [1.82, 2.24) is 0 Å². The molecule has 0 aliphatic heterocycles. The van der Waals surface area contributed by atoms with Crippen molar-refractivity contribution in [1.29, 1.82) is 0 Å². The number of benzene rings is 3. The average Bonchev–Trinajstić information content (AvgIpc) is 3.10. The maximum absolute atomic E-state index is 13.0. The Morgan fingerprint density at radius 2 is 1.26 bits per heavy atom. The Bertz CT molecular complexity index is 1550. The molecule has 0 saturated heterocycles. The summed E-state index contributed by atoms with van der Waals surface area (Å²) >= 11 is 0.921. The fourth-order valence-electron chi connectivity index (χ4n) is 3.85. The lowest BCUT2D eigenvalue weighted by Gasteiger charge is -2.09. The van der Waals surface area contributed by atoms with Crippen LogP contribution in [0.1, 0.15) is 52.0 Å². The molecule has 0 radical (unpaired) electrons. The zero-order valence-electron chi connectivity index (χ0n) is 26.2.